The Labute approximate surface area is 188 Å². The summed E-state index contributed by atoms with van der Waals surface area (Å²) in [4.78, 5) is 0. The summed E-state index contributed by atoms with van der Waals surface area (Å²) in [5.74, 6) is 4.44. The molecule has 0 bridgehead atoms. The molecule has 0 aliphatic heterocycles. The van der Waals surface area contributed by atoms with Crippen molar-refractivity contribution < 1.29 is 0 Å². The summed E-state index contributed by atoms with van der Waals surface area (Å²) in [5.41, 5.74) is 4.52. The largest absolute Gasteiger partial charge is 0.0841 e. The van der Waals surface area contributed by atoms with E-state index in [9.17, 15) is 0 Å². The molecular weight excluding hydrogens is 360 g/mol. The van der Waals surface area contributed by atoms with Crippen molar-refractivity contribution in [1.29, 1.82) is 0 Å². The lowest BCUT2D eigenvalue weighted by molar-refractivity contribution is -0.180. The molecular formula is C30H50. The van der Waals surface area contributed by atoms with Crippen molar-refractivity contribution in [2.75, 3.05) is 0 Å². The minimum absolute atomic E-state index is 0.432. The highest BCUT2D eigenvalue weighted by Crippen LogP contribution is 2.75. The molecule has 9 atom stereocenters. The summed E-state index contributed by atoms with van der Waals surface area (Å²) in [6.07, 6.45) is 17.4. The van der Waals surface area contributed by atoms with Gasteiger partial charge in [0, 0.05) is 0 Å². The minimum atomic E-state index is 0.432. The highest BCUT2D eigenvalue weighted by molar-refractivity contribution is 5.33. The van der Waals surface area contributed by atoms with Crippen LogP contribution < -0.4 is 0 Å². The summed E-state index contributed by atoms with van der Waals surface area (Å²) >= 11 is 0. The fraction of sp³-hybridized carbons (Fsp3) is 0.933. The van der Waals surface area contributed by atoms with E-state index in [1.807, 2.05) is 5.57 Å². The quantitative estimate of drug-likeness (QED) is 0.349. The van der Waals surface area contributed by atoms with Crippen LogP contribution in [0, 0.1) is 56.7 Å². The second kappa shape index (κ2) is 6.41. The summed E-state index contributed by atoms with van der Waals surface area (Å²) in [6.45, 7) is 21.3. The van der Waals surface area contributed by atoms with Crippen LogP contribution in [-0.4, -0.2) is 0 Å². The normalized spacial score (nSPS) is 57.3. The molecule has 9 unspecified atom stereocenters. The van der Waals surface area contributed by atoms with Gasteiger partial charge in [0.2, 0.25) is 0 Å². The maximum absolute atomic E-state index is 2.83. The van der Waals surface area contributed by atoms with Gasteiger partial charge in [-0.3, -0.25) is 0 Å². The molecule has 0 aromatic carbocycles. The Kier molecular flexibility index (Phi) is 4.61. The minimum Gasteiger partial charge on any atom is -0.0841 e. The summed E-state index contributed by atoms with van der Waals surface area (Å²) in [5, 5.41) is 0. The van der Waals surface area contributed by atoms with Crippen LogP contribution in [-0.2, 0) is 0 Å². The van der Waals surface area contributed by atoms with Crippen molar-refractivity contribution in [2.24, 2.45) is 56.7 Å². The van der Waals surface area contributed by atoms with Gasteiger partial charge in [0.1, 0.15) is 0 Å². The van der Waals surface area contributed by atoms with Crippen LogP contribution in [0.25, 0.3) is 0 Å². The molecule has 0 spiro atoms. The van der Waals surface area contributed by atoms with Gasteiger partial charge in [-0.05, 0) is 114 Å². The zero-order chi connectivity index (χ0) is 21.7. The van der Waals surface area contributed by atoms with Gasteiger partial charge < -0.3 is 0 Å². The molecule has 0 nitrogen and oxygen atoms in total. The second-order valence-corrected chi connectivity index (χ2v) is 14.6. The first-order chi connectivity index (χ1) is 13.9. The van der Waals surface area contributed by atoms with Crippen LogP contribution >= 0.6 is 0 Å². The zero-order valence-corrected chi connectivity index (χ0v) is 21.5. The number of hydrogen-bond donors (Lipinski definition) is 0. The molecule has 4 fully saturated rings. The standard InChI is InChI=1S/C30H50/c1-20-12-16-27(5)18-19-29(7)23-10-11-24-26(3,4)14-9-15-28(24,6)22(23)13-17-30(29,8)25(27)21(20)2/h10,20-22,24-25H,9,11-19H2,1-8H3. The Balaban J connectivity index is 1.59. The Morgan fingerprint density at radius 1 is 0.800 bits per heavy atom. The predicted octanol–water partition coefficient (Wildman–Crippen LogP) is 9.05. The smallest absolute Gasteiger partial charge is 0.00565 e. The van der Waals surface area contributed by atoms with E-state index in [0.29, 0.717) is 27.1 Å². The van der Waals surface area contributed by atoms with Crippen molar-refractivity contribution in [3.63, 3.8) is 0 Å². The van der Waals surface area contributed by atoms with E-state index < -0.39 is 0 Å². The second-order valence-electron chi connectivity index (χ2n) is 14.6. The van der Waals surface area contributed by atoms with E-state index in [1.54, 1.807) is 0 Å². The first-order valence-corrected chi connectivity index (χ1v) is 13.6. The highest BCUT2D eigenvalue weighted by atomic mass is 14.7. The molecule has 0 aromatic heterocycles. The first kappa shape index (κ1) is 21.6. The van der Waals surface area contributed by atoms with Gasteiger partial charge in [0.05, 0.1) is 0 Å². The van der Waals surface area contributed by atoms with Crippen LogP contribution in [0.15, 0.2) is 11.6 Å². The molecule has 0 heterocycles. The number of rotatable bonds is 0. The lowest BCUT2D eigenvalue weighted by Crippen LogP contribution is -2.63. The van der Waals surface area contributed by atoms with Crippen LogP contribution in [0.2, 0.25) is 0 Å². The third-order valence-electron chi connectivity index (χ3n) is 13.1. The van der Waals surface area contributed by atoms with Crippen molar-refractivity contribution in [3.05, 3.63) is 11.6 Å². The molecule has 4 saturated carbocycles. The van der Waals surface area contributed by atoms with E-state index in [2.05, 4.69) is 61.5 Å². The molecule has 0 aromatic rings. The number of allylic oxidation sites excluding steroid dienone is 2. The van der Waals surface area contributed by atoms with Crippen LogP contribution in [0.1, 0.15) is 120 Å². The molecule has 5 aliphatic carbocycles. The van der Waals surface area contributed by atoms with E-state index >= 15 is 0 Å². The van der Waals surface area contributed by atoms with E-state index in [-0.39, 0.29) is 0 Å². The Morgan fingerprint density at radius 2 is 1.53 bits per heavy atom. The molecule has 30 heavy (non-hydrogen) atoms. The fourth-order valence-electron chi connectivity index (χ4n) is 11.1. The average molecular weight is 411 g/mol. The topological polar surface area (TPSA) is 0 Å². The van der Waals surface area contributed by atoms with Crippen molar-refractivity contribution >= 4 is 0 Å². The van der Waals surface area contributed by atoms with Gasteiger partial charge in [-0.25, -0.2) is 0 Å². The van der Waals surface area contributed by atoms with E-state index in [0.717, 1.165) is 29.6 Å². The van der Waals surface area contributed by atoms with Gasteiger partial charge in [-0.15, -0.1) is 0 Å². The van der Waals surface area contributed by atoms with Crippen LogP contribution in [0.4, 0.5) is 0 Å². The zero-order valence-electron chi connectivity index (χ0n) is 21.5. The lowest BCUT2D eigenvalue weighted by Gasteiger charge is -2.71. The molecule has 170 valence electrons. The summed E-state index contributed by atoms with van der Waals surface area (Å²) < 4.78 is 0. The SMILES string of the molecule is CC1CCC2(C)CCC3(C)C4=CCC5C(C)(C)CCCC5(C)C4CCC3(C)C2C1C. The third-order valence-corrected chi connectivity index (χ3v) is 13.1. The van der Waals surface area contributed by atoms with Gasteiger partial charge in [0.15, 0.2) is 0 Å². The molecule has 0 radical (unpaired) electrons. The average Bonchev–Trinajstić information content (AvgIpc) is 2.66. The number of fused-ring (bicyclic) bond motifs is 7. The first-order valence-electron chi connectivity index (χ1n) is 13.6. The molecule has 0 N–H and O–H groups in total. The predicted molar refractivity (Wildman–Crippen MR) is 129 cm³/mol. The van der Waals surface area contributed by atoms with Gasteiger partial charge in [-0.2, -0.15) is 0 Å². The Hall–Kier alpha value is -0.260. The van der Waals surface area contributed by atoms with Crippen molar-refractivity contribution in [1.82, 2.24) is 0 Å². The highest BCUT2D eigenvalue weighted by Gasteiger charge is 2.67. The van der Waals surface area contributed by atoms with Crippen molar-refractivity contribution in [2.45, 2.75) is 120 Å². The van der Waals surface area contributed by atoms with Gasteiger partial charge in [-0.1, -0.05) is 73.5 Å². The summed E-state index contributed by atoms with van der Waals surface area (Å²) in [7, 11) is 0. The summed E-state index contributed by atoms with van der Waals surface area (Å²) in [6, 6.07) is 0. The molecule has 0 heteroatoms. The van der Waals surface area contributed by atoms with E-state index in [1.165, 1.54) is 64.2 Å². The van der Waals surface area contributed by atoms with E-state index in [4.69, 9.17) is 0 Å². The number of hydrogen-bond acceptors (Lipinski definition) is 0. The molecule has 0 amide bonds. The molecule has 5 aliphatic rings. The molecule has 0 saturated heterocycles. The Bertz CT molecular complexity index is 743. The Morgan fingerprint density at radius 3 is 2.27 bits per heavy atom. The van der Waals surface area contributed by atoms with Crippen LogP contribution in [0.3, 0.4) is 0 Å². The van der Waals surface area contributed by atoms with Crippen molar-refractivity contribution in [3.8, 4) is 0 Å². The maximum Gasteiger partial charge on any atom is -0.00565 e. The fourth-order valence-corrected chi connectivity index (χ4v) is 11.1. The van der Waals surface area contributed by atoms with Gasteiger partial charge in [0.25, 0.3) is 0 Å². The monoisotopic (exact) mass is 410 g/mol. The molecule has 5 rings (SSSR count). The maximum atomic E-state index is 2.83. The lowest BCUT2D eigenvalue weighted by atomic mass is 9.33. The van der Waals surface area contributed by atoms with Gasteiger partial charge >= 0.3 is 0 Å². The third kappa shape index (κ3) is 2.52. The van der Waals surface area contributed by atoms with Crippen LogP contribution in [0.5, 0.6) is 0 Å².